The van der Waals surface area contributed by atoms with Crippen LogP contribution in [0.25, 0.3) is 0 Å². The van der Waals surface area contributed by atoms with Gasteiger partial charge in [0.25, 0.3) is 10.0 Å². The highest BCUT2D eigenvalue weighted by molar-refractivity contribution is 7.92. The number of hydrogen-bond donors (Lipinski definition) is 3. The number of H-pyrrole nitrogens is 1. The zero-order chi connectivity index (χ0) is 14.9. The first kappa shape index (κ1) is 14.0. The molecule has 3 N–H and O–H groups in total. The Morgan fingerprint density at radius 1 is 1.45 bits per heavy atom. The second kappa shape index (κ2) is 4.93. The van der Waals surface area contributed by atoms with Gasteiger partial charge in [-0.15, -0.1) is 0 Å². The molecule has 0 atom stereocenters. The summed E-state index contributed by atoms with van der Waals surface area (Å²) in [5, 5.41) is 15.0. The molecule has 1 aromatic heterocycles. The van der Waals surface area contributed by atoms with Crippen molar-refractivity contribution in [3.8, 4) is 0 Å². The van der Waals surface area contributed by atoms with E-state index in [4.69, 9.17) is 5.11 Å². The Morgan fingerprint density at radius 3 is 2.70 bits per heavy atom. The number of carboxylic acids is 1. The van der Waals surface area contributed by atoms with E-state index >= 15 is 0 Å². The van der Waals surface area contributed by atoms with Crippen molar-refractivity contribution in [1.29, 1.82) is 0 Å². The van der Waals surface area contributed by atoms with Crippen LogP contribution in [-0.4, -0.2) is 29.7 Å². The number of nitrogens with one attached hydrogen (secondary N) is 2. The monoisotopic (exact) mass is 299 g/mol. The minimum absolute atomic E-state index is 0.141. The van der Waals surface area contributed by atoms with Crippen LogP contribution in [0.3, 0.4) is 0 Å². The Kier molecular flexibility index (Phi) is 3.45. The highest BCUT2D eigenvalue weighted by atomic mass is 32.2. The zero-order valence-corrected chi connectivity index (χ0v) is 11.0. The molecule has 7 nitrogen and oxygen atoms in total. The van der Waals surface area contributed by atoms with Gasteiger partial charge in [0.1, 0.15) is 16.3 Å². The fraction of sp³-hybridized carbons (Fsp3) is 0.0909. The maximum atomic E-state index is 13.5. The summed E-state index contributed by atoms with van der Waals surface area (Å²) in [6.07, 6.45) is 1.08. The molecule has 0 amide bonds. The molecule has 0 bridgehead atoms. The van der Waals surface area contributed by atoms with Gasteiger partial charge in [-0.3, -0.25) is 9.82 Å². The average molecular weight is 299 g/mol. The molecule has 0 spiro atoms. The quantitative estimate of drug-likeness (QED) is 0.789. The lowest BCUT2D eigenvalue weighted by atomic mass is 10.2. The van der Waals surface area contributed by atoms with Gasteiger partial charge in [0.05, 0.1) is 17.6 Å². The molecule has 2 rings (SSSR count). The van der Waals surface area contributed by atoms with Gasteiger partial charge in [-0.2, -0.15) is 5.10 Å². The molecule has 0 aliphatic heterocycles. The summed E-state index contributed by atoms with van der Waals surface area (Å²) in [7, 11) is -4.05. The van der Waals surface area contributed by atoms with E-state index in [9.17, 15) is 17.6 Å². The van der Waals surface area contributed by atoms with Crippen LogP contribution in [0.15, 0.2) is 29.3 Å². The minimum atomic E-state index is -4.05. The number of hydrogen-bond acceptors (Lipinski definition) is 4. The average Bonchev–Trinajstić information content (AvgIpc) is 2.75. The normalized spacial score (nSPS) is 11.3. The fourth-order valence-electron chi connectivity index (χ4n) is 1.64. The molecule has 9 heteroatoms. The lowest BCUT2D eigenvalue weighted by Gasteiger charge is -2.10. The number of halogens is 1. The van der Waals surface area contributed by atoms with Crippen molar-refractivity contribution < 1.29 is 22.7 Å². The summed E-state index contributed by atoms with van der Waals surface area (Å²) in [6, 6.07) is 3.31. The number of aryl methyl sites for hydroxylation is 1. The van der Waals surface area contributed by atoms with Crippen LogP contribution in [-0.2, 0) is 10.0 Å². The molecule has 0 radical (unpaired) electrons. The molecule has 0 unspecified atom stereocenters. The predicted octanol–water partition coefficient (Wildman–Crippen LogP) is 1.36. The Hall–Kier alpha value is -2.42. The molecule has 0 aliphatic carbocycles. The van der Waals surface area contributed by atoms with Crippen molar-refractivity contribution in [1.82, 2.24) is 10.2 Å². The van der Waals surface area contributed by atoms with Gasteiger partial charge in [-0.25, -0.2) is 17.6 Å². The maximum Gasteiger partial charge on any atom is 0.340 e. The van der Waals surface area contributed by atoms with E-state index in [0.29, 0.717) is 0 Å². The topological polar surface area (TPSA) is 112 Å². The number of rotatable bonds is 4. The zero-order valence-electron chi connectivity index (χ0n) is 10.2. The first-order valence-corrected chi connectivity index (χ1v) is 6.86. The highest BCUT2D eigenvalue weighted by Gasteiger charge is 2.23. The summed E-state index contributed by atoms with van der Waals surface area (Å²) >= 11 is 0. The van der Waals surface area contributed by atoms with Crippen molar-refractivity contribution >= 4 is 21.7 Å². The first-order chi connectivity index (χ1) is 9.33. The SMILES string of the molecule is Cc1[nH]ncc1S(=O)(=O)Nc1cccc(F)c1C(=O)O. The molecule has 1 heterocycles. The number of aromatic nitrogens is 2. The van der Waals surface area contributed by atoms with Crippen LogP contribution in [0.2, 0.25) is 0 Å². The van der Waals surface area contributed by atoms with Gasteiger partial charge >= 0.3 is 5.97 Å². The lowest BCUT2D eigenvalue weighted by Crippen LogP contribution is -2.16. The summed E-state index contributed by atoms with van der Waals surface area (Å²) in [6.45, 7) is 1.49. The summed E-state index contributed by atoms with van der Waals surface area (Å²) < 4.78 is 39.7. The van der Waals surface area contributed by atoms with Gasteiger partial charge in [-0.1, -0.05) is 6.07 Å². The standard InChI is InChI=1S/C11H10FN3O4S/c1-6-9(5-13-14-6)20(18,19)15-8-4-2-3-7(12)10(8)11(16)17/h2-5,15H,1H3,(H,13,14)(H,16,17). The molecule has 0 aliphatic rings. The van der Waals surface area contributed by atoms with Gasteiger partial charge < -0.3 is 5.11 Å². The molecule has 2 aromatic rings. The smallest absolute Gasteiger partial charge is 0.340 e. The Morgan fingerprint density at radius 2 is 2.15 bits per heavy atom. The Labute approximate surface area is 113 Å². The second-order valence-electron chi connectivity index (χ2n) is 3.93. The van der Waals surface area contributed by atoms with Crippen LogP contribution in [0, 0.1) is 12.7 Å². The lowest BCUT2D eigenvalue weighted by molar-refractivity contribution is 0.0693. The van der Waals surface area contributed by atoms with Crippen molar-refractivity contribution in [2.75, 3.05) is 4.72 Å². The third-order valence-corrected chi connectivity index (χ3v) is 4.02. The number of aromatic amines is 1. The summed E-state index contributed by atoms with van der Waals surface area (Å²) in [5.41, 5.74) is -0.805. The van der Waals surface area contributed by atoms with E-state index in [1.807, 2.05) is 4.72 Å². The van der Waals surface area contributed by atoms with Crippen LogP contribution >= 0.6 is 0 Å². The molecule has 0 saturated carbocycles. The highest BCUT2D eigenvalue weighted by Crippen LogP contribution is 2.23. The van der Waals surface area contributed by atoms with Crippen LogP contribution in [0.1, 0.15) is 16.1 Å². The van der Waals surface area contributed by atoms with Crippen LogP contribution < -0.4 is 4.72 Å². The van der Waals surface area contributed by atoms with E-state index in [-0.39, 0.29) is 16.3 Å². The predicted molar refractivity (Wildman–Crippen MR) is 67.5 cm³/mol. The first-order valence-electron chi connectivity index (χ1n) is 5.37. The number of aromatic carboxylic acids is 1. The second-order valence-corrected chi connectivity index (χ2v) is 5.58. The van der Waals surface area contributed by atoms with E-state index in [0.717, 1.165) is 12.3 Å². The van der Waals surface area contributed by atoms with Crippen LogP contribution in [0.4, 0.5) is 10.1 Å². The Balaban J connectivity index is 2.48. The van der Waals surface area contributed by atoms with Gasteiger partial charge in [0.15, 0.2) is 0 Å². The van der Waals surface area contributed by atoms with E-state index in [1.165, 1.54) is 19.1 Å². The van der Waals surface area contributed by atoms with Crippen molar-refractivity contribution in [3.05, 3.63) is 41.5 Å². The number of benzene rings is 1. The van der Waals surface area contributed by atoms with Crippen molar-refractivity contribution in [2.24, 2.45) is 0 Å². The summed E-state index contributed by atoms with van der Waals surface area (Å²) in [4.78, 5) is 10.8. The van der Waals surface area contributed by atoms with E-state index < -0.39 is 27.4 Å². The number of sulfonamides is 1. The van der Waals surface area contributed by atoms with Crippen molar-refractivity contribution in [3.63, 3.8) is 0 Å². The number of carboxylic acid groups (broad SMARTS) is 1. The third kappa shape index (κ3) is 2.48. The summed E-state index contributed by atoms with van der Waals surface area (Å²) in [5.74, 6) is -2.59. The molecule has 0 fully saturated rings. The number of nitrogens with zero attached hydrogens (tertiary/aromatic N) is 1. The largest absolute Gasteiger partial charge is 0.478 e. The van der Waals surface area contributed by atoms with E-state index in [1.54, 1.807) is 0 Å². The van der Waals surface area contributed by atoms with Gasteiger partial charge in [0.2, 0.25) is 0 Å². The molecule has 1 aromatic carbocycles. The minimum Gasteiger partial charge on any atom is -0.478 e. The maximum absolute atomic E-state index is 13.5. The molecule has 106 valence electrons. The van der Waals surface area contributed by atoms with E-state index in [2.05, 4.69) is 10.2 Å². The fourth-order valence-corrected chi connectivity index (χ4v) is 2.85. The molecule has 0 saturated heterocycles. The van der Waals surface area contributed by atoms with Crippen LogP contribution in [0.5, 0.6) is 0 Å². The van der Waals surface area contributed by atoms with Gasteiger partial charge in [0, 0.05) is 0 Å². The molecule has 20 heavy (non-hydrogen) atoms. The molecular formula is C11H10FN3O4S. The van der Waals surface area contributed by atoms with Crippen molar-refractivity contribution in [2.45, 2.75) is 11.8 Å². The van der Waals surface area contributed by atoms with Gasteiger partial charge in [-0.05, 0) is 19.1 Å². The molecular weight excluding hydrogens is 289 g/mol. The number of anilines is 1. The third-order valence-electron chi connectivity index (χ3n) is 2.54. The Bertz CT molecular complexity index is 770. The number of carbonyl (C=O) groups is 1.